The second-order valence-electron chi connectivity index (χ2n) is 4.86. The summed E-state index contributed by atoms with van der Waals surface area (Å²) in [6.07, 6.45) is 1.52. The van der Waals surface area contributed by atoms with Crippen LogP contribution in [0.15, 0.2) is 29.2 Å². The first-order valence-corrected chi connectivity index (χ1v) is 7.74. The van der Waals surface area contributed by atoms with Gasteiger partial charge in [0.1, 0.15) is 6.04 Å². The van der Waals surface area contributed by atoms with Crippen molar-refractivity contribution in [3.8, 4) is 0 Å². The van der Waals surface area contributed by atoms with E-state index >= 15 is 0 Å². The normalized spacial score (nSPS) is 17.1. The Morgan fingerprint density at radius 1 is 1.12 bits per heavy atom. The number of rotatable bonds is 4. The van der Waals surface area contributed by atoms with E-state index in [1.807, 2.05) is 0 Å². The highest BCUT2D eigenvalue weighted by Gasteiger charge is 2.41. The third-order valence-electron chi connectivity index (χ3n) is 3.38. The van der Waals surface area contributed by atoms with Gasteiger partial charge in [0.25, 0.3) is 11.1 Å². The lowest BCUT2D eigenvalue weighted by molar-refractivity contribution is -0.148. The summed E-state index contributed by atoms with van der Waals surface area (Å²) in [4.78, 5) is 48.3. The van der Waals surface area contributed by atoms with Crippen molar-refractivity contribution in [1.82, 2.24) is 4.90 Å². The van der Waals surface area contributed by atoms with Gasteiger partial charge in [-0.25, -0.2) is 9.59 Å². The molecule has 1 unspecified atom stereocenters. The first-order valence-electron chi connectivity index (χ1n) is 6.92. The van der Waals surface area contributed by atoms with E-state index in [1.165, 1.54) is 27.2 Å². The Labute approximate surface area is 142 Å². The Kier molecular flexibility index (Phi) is 5.40. The summed E-state index contributed by atoms with van der Waals surface area (Å²) >= 11 is 0.747. The van der Waals surface area contributed by atoms with Crippen molar-refractivity contribution in [1.29, 1.82) is 0 Å². The molecule has 0 aliphatic carbocycles. The lowest BCUT2D eigenvalue weighted by atomic mass is 10.1. The van der Waals surface area contributed by atoms with Crippen LogP contribution in [-0.4, -0.2) is 48.2 Å². The van der Waals surface area contributed by atoms with Crippen LogP contribution in [-0.2, 0) is 19.1 Å². The molecule has 1 saturated heterocycles. The number of carbonyl (C=O) groups is 4. The van der Waals surface area contributed by atoms with E-state index in [0.29, 0.717) is 11.1 Å². The van der Waals surface area contributed by atoms with Crippen molar-refractivity contribution in [2.75, 3.05) is 14.2 Å². The number of imide groups is 1. The monoisotopic (exact) mass is 349 g/mol. The molecule has 7 nitrogen and oxygen atoms in total. The van der Waals surface area contributed by atoms with Crippen LogP contribution >= 0.6 is 11.8 Å². The number of carbonyl (C=O) groups excluding carboxylic acids is 4. The number of ether oxygens (including phenoxy) is 2. The quantitative estimate of drug-likeness (QED) is 0.607. The molecular weight excluding hydrogens is 334 g/mol. The van der Waals surface area contributed by atoms with Gasteiger partial charge in [-0.05, 0) is 42.5 Å². The Bertz CT molecular complexity index is 725. The zero-order chi connectivity index (χ0) is 17.9. The van der Waals surface area contributed by atoms with Crippen LogP contribution in [0.5, 0.6) is 0 Å². The molecule has 8 heteroatoms. The van der Waals surface area contributed by atoms with E-state index in [-0.39, 0.29) is 4.91 Å². The van der Waals surface area contributed by atoms with E-state index in [2.05, 4.69) is 9.47 Å². The molecule has 0 saturated carbocycles. The molecule has 0 bridgehead atoms. The summed E-state index contributed by atoms with van der Waals surface area (Å²) in [5.74, 6) is -1.69. The van der Waals surface area contributed by atoms with Crippen LogP contribution in [0.25, 0.3) is 6.08 Å². The first-order chi connectivity index (χ1) is 11.4. The van der Waals surface area contributed by atoms with E-state index in [4.69, 9.17) is 0 Å². The zero-order valence-corrected chi connectivity index (χ0v) is 14.1. The number of thioether (sulfide) groups is 1. The molecule has 1 heterocycles. The summed E-state index contributed by atoms with van der Waals surface area (Å²) in [7, 11) is 2.48. The lowest BCUT2D eigenvalue weighted by Gasteiger charge is -2.18. The predicted molar refractivity (Wildman–Crippen MR) is 87.1 cm³/mol. The van der Waals surface area contributed by atoms with Gasteiger partial charge in [-0.2, -0.15) is 0 Å². The number of benzene rings is 1. The van der Waals surface area contributed by atoms with Gasteiger partial charge in [-0.3, -0.25) is 14.5 Å². The van der Waals surface area contributed by atoms with Gasteiger partial charge in [-0.1, -0.05) is 12.1 Å². The maximum atomic E-state index is 12.3. The molecule has 1 aliphatic heterocycles. The Hall–Kier alpha value is -2.61. The predicted octanol–water partition coefficient (Wildman–Crippen LogP) is 2.07. The highest BCUT2D eigenvalue weighted by atomic mass is 32.2. The van der Waals surface area contributed by atoms with Crippen molar-refractivity contribution < 1.29 is 28.7 Å². The maximum absolute atomic E-state index is 12.3. The SMILES string of the molecule is COC(=O)c1ccc(/C=C2/SC(=O)N(C(C)C(=O)OC)C2=O)cc1. The molecule has 0 spiro atoms. The largest absolute Gasteiger partial charge is 0.467 e. The highest BCUT2D eigenvalue weighted by molar-refractivity contribution is 8.18. The van der Waals surface area contributed by atoms with E-state index < -0.39 is 29.1 Å². The molecule has 24 heavy (non-hydrogen) atoms. The van der Waals surface area contributed by atoms with Crippen LogP contribution in [0.2, 0.25) is 0 Å². The van der Waals surface area contributed by atoms with Gasteiger partial charge < -0.3 is 9.47 Å². The van der Waals surface area contributed by atoms with Crippen molar-refractivity contribution in [3.05, 3.63) is 40.3 Å². The number of methoxy groups -OCH3 is 2. The molecular formula is C16H15NO6S. The molecule has 2 rings (SSSR count). The lowest BCUT2D eigenvalue weighted by Crippen LogP contribution is -2.42. The average molecular weight is 349 g/mol. The van der Waals surface area contributed by atoms with E-state index in [0.717, 1.165) is 16.7 Å². The molecule has 1 fully saturated rings. The zero-order valence-electron chi connectivity index (χ0n) is 13.3. The maximum Gasteiger partial charge on any atom is 0.337 e. The van der Waals surface area contributed by atoms with Crippen molar-refractivity contribution in [3.63, 3.8) is 0 Å². The minimum absolute atomic E-state index is 0.196. The van der Waals surface area contributed by atoms with Gasteiger partial charge >= 0.3 is 11.9 Å². The Morgan fingerprint density at radius 3 is 2.29 bits per heavy atom. The van der Waals surface area contributed by atoms with Gasteiger partial charge in [0.05, 0.1) is 24.7 Å². The molecule has 126 valence electrons. The molecule has 1 aromatic rings. The van der Waals surface area contributed by atoms with Crippen LogP contribution in [0.3, 0.4) is 0 Å². The summed E-state index contributed by atoms with van der Waals surface area (Å²) in [6, 6.07) is 5.38. The number of esters is 2. The number of hydrogen-bond acceptors (Lipinski definition) is 7. The molecule has 1 aliphatic rings. The summed E-state index contributed by atoms with van der Waals surface area (Å²) in [5.41, 5.74) is 1.01. The van der Waals surface area contributed by atoms with Gasteiger partial charge in [0.2, 0.25) is 0 Å². The average Bonchev–Trinajstić information content (AvgIpc) is 2.87. The highest BCUT2D eigenvalue weighted by Crippen LogP contribution is 2.33. The fourth-order valence-electron chi connectivity index (χ4n) is 2.07. The molecule has 2 amide bonds. The summed E-state index contributed by atoms with van der Waals surface area (Å²) in [5, 5.41) is -0.532. The summed E-state index contributed by atoms with van der Waals surface area (Å²) in [6.45, 7) is 1.43. The number of nitrogens with zero attached hydrogens (tertiary/aromatic N) is 1. The smallest absolute Gasteiger partial charge is 0.337 e. The van der Waals surface area contributed by atoms with E-state index in [9.17, 15) is 19.2 Å². The molecule has 1 aromatic carbocycles. The van der Waals surface area contributed by atoms with Crippen LogP contribution in [0.4, 0.5) is 4.79 Å². The standard InChI is InChI=1S/C16H15NO6S/c1-9(14(19)22-2)17-13(18)12(24-16(17)21)8-10-4-6-11(7-5-10)15(20)23-3/h4-9H,1-3H3/b12-8+. The number of amides is 2. The first kappa shape index (κ1) is 17.7. The number of hydrogen-bond donors (Lipinski definition) is 0. The third kappa shape index (κ3) is 3.48. The van der Waals surface area contributed by atoms with E-state index in [1.54, 1.807) is 24.3 Å². The topological polar surface area (TPSA) is 90.0 Å². The van der Waals surface area contributed by atoms with Crippen LogP contribution in [0, 0.1) is 0 Å². The van der Waals surface area contributed by atoms with Crippen LogP contribution < -0.4 is 0 Å². The van der Waals surface area contributed by atoms with Crippen molar-refractivity contribution in [2.45, 2.75) is 13.0 Å². The second-order valence-corrected chi connectivity index (χ2v) is 5.86. The molecule has 1 atom stereocenters. The summed E-state index contributed by atoms with van der Waals surface area (Å²) < 4.78 is 9.17. The Morgan fingerprint density at radius 2 is 1.75 bits per heavy atom. The van der Waals surface area contributed by atoms with Gasteiger partial charge in [0.15, 0.2) is 0 Å². The van der Waals surface area contributed by atoms with Gasteiger partial charge in [0, 0.05) is 0 Å². The second kappa shape index (κ2) is 7.31. The third-order valence-corrected chi connectivity index (χ3v) is 4.27. The Balaban J connectivity index is 2.22. The fourth-order valence-corrected chi connectivity index (χ4v) is 2.98. The molecule has 0 N–H and O–H groups in total. The van der Waals surface area contributed by atoms with Gasteiger partial charge in [-0.15, -0.1) is 0 Å². The minimum Gasteiger partial charge on any atom is -0.467 e. The molecule has 0 aromatic heterocycles. The minimum atomic E-state index is -0.991. The molecule has 0 radical (unpaired) electrons. The van der Waals surface area contributed by atoms with Crippen LogP contribution in [0.1, 0.15) is 22.8 Å². The fraction of sp³-hybridized carbons (Fsp3) is 0.250. The van der Waals surface area contributed by atoms with Crippen molar-refractivity contribution >= 4 is 40.9 Å². The van der Waals surface area contributed by atoms with Crippen molar-refractivity contribution in [2.24, 2.45) is 0 Å².